The van der Waals surface area contributed by atoms with Gasteiger partial charge in [-0.25, -0.2) is 0 Å². The summed E-state index contributed by atoms with van der Waals surface area (Å²) in [5.41, 5.74) is -4.06. The molecule has 2 aromatic carbocycles. The first-order chi connectivity index (χ1) is 39.4. The zero-order valence-corrected chi connectivity index (χ0v) is 49.4. The Balaban J connectivity index is 1.02. The van der Waals surface area contributed by atoms with Gasteiger partial charge in [0.05, 0.1) is 72.3 Å². The summed E-state index contributed by atoms with van der Waals surface area (Å²) in [6.07, 6.45) is -23.1. The fourth-order valence-corrected chi connectivity index (χ4v) is 12.1. The van der Waals surface area contributed by atoms with Crippen molar-refractivity contribution in [1.82, 2.24) is 0 Å². The molecule has 0 bridgehead atoms. The molecule has 472 valence electrons. The summed E-state index contributed by atoms with van der Waals surface area (Å²) >= 11 is 0. The molecule has 0 radical (unpaired) electrons. The van der Waals surface area contributed by atoms with Crippen LogP contribution in [0, 0.1) is 11.8 Å². The minimum absolute atomic E-state index is 0.0262. The summed E-state index contributed by atoms with van der Waals surface area (Å²) in [6, 6.07) is 4.20. The zero-order valence-electron chi connectivity index (χ0n) is 49.4. The first-order valence-electron chi connectivity index (χ1n) is 28.6. The highest BCUT2D eigenvalue weighted by Gasteiger charge is 2.53. The van der Waals surface area contributed by atoms with Gasteiger partial charge in [-0.3, -0.25) is 19.2 Å². The number of rotatable bonds is 19. The Labute approximate surface area is 486 Å². The minimum atomic E-state index is -2.40. The third kappa shape index (κ3) is 14.2. The van der Waals surface area contributed by atoms with Gasteiger partial charge in [0.25, 0.3) is 0 Å². The maximum Gasteiger partial charge on any atom is 0.308 e. The van der Waals surface area contributed by atoms with E-state index in [4.69, 9.17) is 66.3 Å². The van der Waals surface area contributed by atoms with Gasteiger partial charge in [-0.2, -0.15) is 0 Å². The molecule has 1 aliphatic carbocycles. The lowest BCUT2D eigenvalue weighted by Crippen LogP contribution is -2.59. The van der Waals surface area contributed by atoms with E-state index >= 15 is 4.79 Å². The van der Waals surface area contributed by atoms with Gasteiger partial charge in [0.1, 0.15) is 65.1 Å². The number of methoxy groups -OCH3 is 2. The molecule has 26 nitrogen and oxygen atoms in total. The molecule has 24 atom stereocenters. The molecule has 5 heterocycles. The molecule has 5 fully saturated rings. The standard InChI is InChI=1S/C58H84O26/c1-23(2)56(68)84-55-27(6)77-44(21-57(55,9)69)80-37-18-40(73-22-36(37)63)81-38-19-43(74-24(3)47(38)64)83-52-33(53(72-12)54(67)58(10,70)28(7)59)15-31-13-30-14-32(16-34(61)45(30)48(65)46(31)49(52)66)79-42-20-39(51(26(5)76-42)78-29(8)60)82-41-17-35(62)50(71-11)25(4)75-41/h13-14,16,23-28,33,35-44,47,50-53,55,59,61-65,69-70H,15,17-22H2,1-12H3/t24?,25?,26?,27?,28-,33-,35?,36?,37?,38?,39?,40?,41?,42?,43?,44?,47?,50?,51?,52?,53+,55?,57?,58+/m1/s1. The molecular weight excluding hydrogens is 1110 g/mol. The highest BCUT2D eigenvalue weighted by atomic mass is 16.7. The lowest BCUT2D eigenvalue weighted by molar-refractivity contribution is -0.325. The van der Waals surface area contributed by atoms with E-state index in [-0.39, 0.29) is 72.8 Å². The van der Waals surface area contributed by atoms with E-state index in [1.165, 1.54) is 60.1 Å². The van der Waals surface area contributed by atoms with Crippen molar-refractivity contribution in [3.63, 3.8) is 0 Å². The van der Waals surface area contributed by atoms with Crippen LogP contribution in [0.25, 0.3) is 10.8 Å². The van der Waals surface area contributed by atoms with E-state index in [0.717, 1.165) is 6.92 Å². The highest BCUT2D eigenvalue weighted by molar-refractivity contribution is 6.11. The second-order valence-corrected chi connectivity index (χ2v) is 23.8. The maximum absolute atomic E-state index is 15.1. The summed E-state index contributed by atoms with van der Waals surface area (Å²) in [5, 5.41) is 90.3. The molecule has 0 saturated carbocycles. The predicted molar refractivity (Wildman–Crippen MR) is 287 cm³/mol. The third-order valence-corrected chi connectivity index (χ3v) is 16.9. The number of Topliss-reactive ketones (excluding diaryl/α,β-unsaturated/α-hetero) is 2. The van der Waals surface area contributed by atoms with Crippen molar-refractivity contribution in [2.75, 3.05) is 20.8 Å². The molecular formula is C58H84O26. The van der Waals surface area contributed by atoms with E-state index in [9.17, 15) is 55.2 Å². The maximum atomic E-state index is 15.1. The highest BCUT2D eigenvalue weighted by Crippen LogP contribution is 2.46. The molecule has 26 heteroatoms. The van der Waals surface area contributed by atoms with Crippen LogP contribution in [0.5, 0.6) is 17.2 Å². The summed E-state index contributed by atoms with van der Waals surface area (Å²) in [6.45, 7) is 14.7. The summed E-state index contributed by atoms with van der Waals surface area (Å²) in [4.78, 5) is 54.1. The number of esters is 2. The lowest BCUT2D eigenvalue weighted by Gasteiger charge is -2.46. The third-order valence-electron chi connectivity index (χ3n) is 16.9. The number of ketones is 2. The second kappa shape index (κ2) is 26.6. The molecule has 84 heavy (non-hydrogen) atoms. The SMILES string of the molecule is COC1C(O)CC(OC2CC(Oc3cc(O)c4c(O)c5c(cc4c3)C[C@@H]([C@H](OC)C(=O)[C@@](C)(O)[C@@H](C)O)C(OC3CC(OC4CC(OC6CC(C)(O)C(OC(=O)C(C)C)C(C)O6)C(O)CO4)C(O)C(C)O3)C5=O)OC(C)C2OC(C)=O)OC1C. The molecule has 8 rings (SSSR count). The van der Waals surface area contributed by atoms with Gasteiger partial charge >= 0.3 is 11.9 Å². The van der Waals surface area contributed by atoms with Crippen molar-refractivity contribution in [1.29, 1.82) is 0 Å². The number of aliphatic hydroxyl groups excluding tert-OH is 4. The Morgan fingerprint density at radius 3 is 1.99 bits per heavy atom. The van der Waals surface area contributed by atoms with Crippen LogP contribution >= 0.6 is 0 Å². The number of fused-ring (bicyclic) bond motifs is 2. The average Bonchev–Trinajstić information content (AvgIpc) is 1.58. The molecule has 8 N–H and O–H groups in total. The normalized spacial score (nSPS) is 39.0. The number of hydrogen-bond donors (Lipinski definition) is 8. The number of phenols is 2. The Morgan fingerprint density at radius 2 is 1.36 bits per heavy atom. The van der Waals surface area contributed by atoms with Gasteiger partial charge < -0.3 is 107 Å². The zero-order chi connectivity index (χ0) is 61.6. The largest absolute Gasteiger partial charge is 0.507 e. The van der Waals surface area contributed by atoms with Crippen LogP contribution in [-0.4, -0.2) is 225 Å². The second-order valence-electron chi connectivity index (χ2n) is 23.8. The van der Waals surface area contributed by atoms with Crippen molar-refractivity contribution < 1.29 is 126 Å². The minimum Gasteiger partial charge on any atom is -0.507 e. The molecule has 5 aliphatic heterocycles. The van der Waals surface area contributed by atoms with Crippen molar-refractivity contribution >= 4 is 34.3 Å². The molecule has 5 saturated heterocycles. The van der Waals surface area contributed by atoms with Crippen LogP contribution in [-0.2, 0) is 82.4 Å². The topological polar surface area (TPSA) is 359 Å². The van der Waals surface area contributed by atoms with Gasteiger partial charge in [0.2, 0.25) is 6.29 Å². The quantitative estimate of drug-likeness (QED) is 0.0931. The first-order valence-corrected chi connectivity index (χ1v) is 28.6. The smallest absolute Gasteiger partial charge is 0.308 e. The fraction of sp³-hybridized carbons (Fsp3) is 0.759. The van der Waals surface area contributed by atoms with Crippen LogP contribution < -0.4 is 4.74 Å². The molecule has 0 aromatic heterocycles. The predicted octanol–water partition coefficient (Wildman–Crippen LogP) is 1.88. The van der Waals surface area contributed by atoms with Crippen LogP contribution in [0.4, 0.5) is 0 Å². The number of aliphatic hydroxyl groups is 6. The monoisotopic (exact) mass is 1200 g/mol. The van der Waals surface area contributed by atoms with E-state index in [1.807, 2.05) is 0 Å². The number of carbonyl (C=O) groups is 4. The molecule has 6 aliphatic rings. The van der Waals surface area contributed by atoms with E-state index in [0.29, 0.717) is 0 Å². The van der Waals surface area contributed by atoms with Crippen molar-refractivity contribution in [2.24, 2.45) is 11.8 Å². The van der Waals surface area contributed by atoms with E-state index in [1.54, 1.807) is 34.6 Å². The molecule has 0 spiro atoms. The molecule has 0 amide bonds. The van der Waals surface area contributed by atoms with Crippen LogP contribution in [0.2, 0.25) is 0 Å². The van der Waals surface area contributed by atoms with Crippen molar-refractivity contribution in [3.8, 4) is 17.2 Å². The number of carbonyl (C=O) groups excluding carboxylic acids is 4. The number of aromatic hydroxyl groups is 2. The first kappa shape index (κ1) is 65.7. The van der Waals surface area contributed by atoms with Crippen LogP contribution in [0.1, 0.15) is 117 Å². The number of phenolic OH excluding ortho intramolecular Hbond substituents is 2. The summed E-state index contributed by atoms with van der Waals surface area (Å²) < 4.78 is 84.1. The average molecular weight is 1200 g/mol. The van der Waals surface area contributed by atoms with Crippen molar-refractivity contribution in [3.05, 3.63) is 29.3 Å². The van der Waals surface area contributed by atoms with Crippen LogP contribution in [0.15, 0.2) is 18.2 Å². The van der Waals surface area contributed by atoms with E-state index < -0.39 is 187 Å². The summed E-state index contributed by atoms with van der Waals surface area (Å²) in [7, 11) is 2.64. The Bertz CT molecular complexity index is 2630. The van der Waals surface area contributed by atoms with Gasteiger partial charge in [-0.05, 0) is 78.0 Å². The van der Waals surface area contributed by atoms with Gasteiger partial charge in [-0.15, -0.1) is 0 Å². The van der Waals surface area contributed by atoms with Crippen molar-refractivity contribution in [2.45, 2.75) is 248 Å². The Morgan fingerprint density at radius 1 is 0.750 bits per heavy atom. The number of ether oxygens (including phenoxy) is 14. The van der Waals surface area contributed by atoms with Crippen LogP contribution in [0.3, 0.4) is 0 Å². The van der Waals surface area contributed by atoms with Gasteiger partial charge in [0.15, 0.2) is 48.9 Å². The lowest BCUT2D eigenvalue weighted by atomic mass is 9.73. The Hall–Kier alpha value is -4.30. The molecule has 2 aromatic rings. The summed E-state index contributed by atoms with van der Waals surface area (Å²) in [5.74, 6) is -5.82. The fourth-order valence-electron chi connectivity index (χ4n) is 12.1. The van der Waals surface area contributed by atoms with Gasteiger partial charge in [0, 0.05) is 65.2 Å². The van der Waals surface area contributed by atoms with Gasteiger partial charge in [-0.1, -0.05) is 13.8 Å². The van der Waals surface area contributed by atoms with E-state index in [2.05, 4.69) is 0 Å². The number of hydrogen-bond acceptors (Lipinski definition) is 26. The molecule has 20 unspecified atom stereocenters. The number of benzene rings is 2. The Kier molecular flexibility index (Phi) is 20.8.